The van der Waals surface area contributed by atoms with Gasteiger partial charge < -0.3 is 24.3 Å². The minimum atomic E-state index is -6.25. The van der Waals surface area contributed by atoms with Gasteiger partial charge >= 0.3 is 0 Å². The van der Waals surface area contributed by atoms with E-state index in [-0.39, 0.29) is 28.4 Å². The molecular formula is C44H32BF16NO4. The van der Waals surface area contributed by atoms with Gasteiger partial charge in [-0.15, -0.1) is 21.9 Å². The molecule has 0 aliphatic carbocycles. The molecular weight excluding hydrogens is 921 g/mol. The van der Waals surface area contributed by atoms with Crippen molar-refractivity contribution in [3.05, 3.63) is 164 Å². The molecule has 0 unspecified atom stereocenters. The second-order valence-electron chi connectivity index (χ2n) is 14.2. The van der Waals surface area contributed by atoms with Gasteiger partial charge in [-0.05, 0) is 25.0 Å². The predicted octanol–water partition coefficient (Wildman–Crippen LogP) is 7.89. The Balaban J connectivity index is 0.000000400. The first-order valence-electron chi connectivity index (χ1n) is 18.8. The first-order chi connectivity index (χ1) is 31.1. The molecule has 6 rings (SSSR count). The maximum Gasteiger partial charge on any atom is 0.201 e. The number of aryl methyl sites for hydroxylation is 2. The molecule has 0 aliphatic heterocycles. The molecule has 0 spiro atoms. The lowest BCUT2D eigenvalue weighted by Gasteiger charge is -2.46. The van der Waals surface area contributed by atoms with Gasteiger partial charge in [-0.1, -0.05) is 48.5 Å². The Labute approximate surface area is 364 Å². The molecule has 0 aliphatic rings. The summed E-state index contributed by atoms with van der Waals surface area (Å²) in [5.74, 6) is -56.6. The zero-order valence-corrected chi connectivity index (χ0v) is 34.9. The van der Waals surface area contributed by atoms with E-state index in [1.807, 2.05) is 0 Å². The Hall–Kier alpha value is -6.58. The first-order valence-corrected chi connectivity index (χ1v) is 18.8. The summed E-state index contributed by atoms with van der Waals surface area (Å²) in [4.78, 5) is 0. The summed E-state index contributed by atoms with van der Waals surface area (Å²) in [6, 6.07) is 17.2. The fourth-order valence-corrected chi connectivity index (χ4v) is 7.79. The number of methoxy groups -OCH3 is 4. The quantitative estimate of drug-likeness (QED) is 0.0588. The standard InChI is InChI=1S/C28H12BF16O4.C16H19N/c1-46-25-5(9(30)13(34)17(38)21(25)42)29(6-10(31)14(35)18(39)22(43)26(6)47-2,7-11(32)15(36)19(40)23(44)27(7)48-3)8-12(33)16(37)20(41)24(45)28(8)49-4;1-13-7-3-5-9-15(13)11-17-12-16-10-6-4-8-14(16)2/h1-4H3;3-10,17H,11-12H2,1-2H3/q-1;/p+1. The van der Waals surface area contributed by atoms with Crippen molar-refractivity contribution in [3.8, 4) is 23.0 Å². The fraction of sp³-hybridized carbons (Fsp3) is 0.182. The first kappa shape index (κ1) is 50.4. The topological polar surface area (TPSA) is 53.5 Å². The summed E-state index contributed by atoms with van der Waals surface area (Å²) in [6.45, 7) is 6.47. The molecule has 0 radical (unpaired) electrons. The zero-order valence-electron chi connectivity index (χ0n) is 34.9. The molecule has 0 saturated carbocycles. The Kier molecular flexibility index (Phi) is 15.2. The Morgan fingerprint density at radius 2 is 0.545 bits per heavy atom. The third kappa shape index (κ3) is 8.19. The largest absolute Gasteiger partial charge is 0.497 e. The second kappa shape index (κ2) is 19.9. The smallest absolute Gasteiger partial charge is 0.201 e. The van der Waals surface area contributed by atoms with Gasteiger partial charge in [-0.2, -0.15) is 17.6 Å². The van der Waals surface area contributed by atoms with E-state index in [1.54, 1.807) is 0 Å². The monoisotopic (exact) mass is 953 g/mol. The minimum Gasteiger partial charge on any atom is -0.497 e. The SMILES string of the molecule is COc1c(F)c(F)c(F)c(F)c1[B-](c1c(F)c(F)c(F)c(F)c1OC)(c1c(F)c(F)c(F)c(F)c1OC)c1c(F)c(F)c(F)c(F)c1OC.Cc1ccccc1C[NH2+]Cc1ccccc1C. The summed E-state index contributed by atoms with van der Waals surface area (Å²) < 4.78 is 263. The van der Waals surface area contributed by atoms with Crippen LogP contribution in [0.3, 0.4) is 0 Å². The molecule has 0 saturated heterocycles. The molecule has 5 nitrogen and oxygen atoms in total. The van der Waals surface area contributed by atoms with E-state index in [9.17, 15) is 17.6 Å². The number of benzene rings is 6. The Bertz CT molecular complexity index is 2530. The molecule has 66 heavy (non-hydrogen) atoms. The van der Waals surface area contributed by atoms with Crippen LogP contribution in [-0.2, 0) is 13.1 Å². The van der Waals surface area contributed by atoms with Gasteiger partial charge in [0.05, 0.1) is 28.4 Å². The molecule has 352 valence electrons. The van der Waals surface area contributed by atoms with Crippen LogP contribution in [0, 0.1) is 107 Å². The third-order valence-electron chi connectivity index (χ3n) is 10.8. The van der Waals surface area contributed by atoms with Gasteiger partial charge in [0, 0.05) is 11.1 Å². The van der Waals surface area contributed by atoms with Crippen LogP contribution in [-0.4, -0.2) is 34.6 Å². The number of rotatable bonds is 12. The van der Waals surface area contributed by atoms with Crippen LogP contribution in [0.2, 0.25) is 0 Å². The van der Waals surface area contributed by atoms with Crippen LogP contribution < -0.4 is 46.1 Å². The third-order valence-corrected chi connectivity index (χ3v) is 10.8. The maximum absolute atomic E-state index is 16.3. The highest BCUT2D eigenvalue weighted by Crippen LogP contribution is 2.38. The lowest BCUT2D eigenvalue weighted by molar-refractivity contribution is -0.686. The summed E-state index contributed by atoms with van der Waals surface area (Å²) in [5, 5.41) is 2.37. The van der Waals surface area contributed by atoms with E-state index in [4.69, 9.17) is 0 Å². The number of halogens is 16. The molecule has 0 aromatic heterocycles. The maximum atomic E-state index is 16.3. The lowest BCUT2D eigenvalue weighted by atomic mass is 9.12. The number of hydrogen-bond donors (Lipinski definition) is 1. The fourth-order valence-electron chi connectivity index (χ4n) is 7.79. The highest BCUT2D eigenvalue weighted by atomic mass is 19.2. The average molecular weight is 954 g/mol. The Morgan fingerprint density at radius 3 is 0.758 bits per heavy atom. The van der Waals surface area contributed by atoms with E-state index < -0.39 is 144 Å². The molecule has 0 bridgehead atoms. The molecule has 0 fully saturated rings. The lowest BCUT2D eigenvalue weighted by Crippen LogP contribution is -2.80. The van der Waals surface area contributed by atoms with E-state index >= 15 is 52.7 Å². The van der Waals surface area contributed by atoms with Crippen molar-refractivity contribution in [2.24, 2.45) is 0 Å². The molecule has 6 aromatic rings. The van der Waals surface area contributed by atoms with Crippen LogP contribution >= 0.6 is 0 Å². The van der Waals surface area contributed by atoms with Crippen LogP contribution in [0.25, 0.3) is 0 Å². The predicted molar refractivity (Wildman–Crippen MR) is 207 cm³/mol. The normalized spacial score (nSPS) is 11.4. The average Bonchev–Trinajstić information content (AvgIpc) is 3.31. The van der Waals surface area contributed by atoms with Gasteiger partial charge in [-0.25, -0.2) is 52.7 Å². The van der Waals surface area contributed by atoms with E-state index in [1.165, 1.54) is 22.3 Å². The van der Waals surface area contributed by atoms with Gasteiger partial charge in [0.25, 0.3) is 0 Å². The molecule has 0 atom stereocenters. The summed E-state index contributed by atoms with van der Waals surface area (Å²) in [6.07, 6.45) is -6.25. The van der Waals surface area contributed by atoms with Crippen molar-refractivity contribution >= 4 is 28.0 Å². The van der Waals surface area contributed by atoms with Crippen molar-refractivity contribution in [2.45, 2.75) is 26.9 Å². The highest BCUT2D eigenvalue weighted by molar-refractivity contribution is 7.21. The molecule has 2 N–H and O–H groups in total. The van der Waals surface area contributed by atoms with Crippen LogP contribution in [0.1, 0.15) is 22.3 Å². The van der Waals surface area contributed by atoms with Crippen LogP contribution in [0.15, 0.2) is 48.5 Å². The highest BCUT2D eigenvalue weighted by Gasteiger charge is 2.53. The van der Waals surface area contributed by atoms with Gasteiger partial charge in [0.2, 0.25) is 46.5 Å². The van der Waals surface area contributed by atoms with Crippen molar-refractivity contribution < 1.29 is 94.5 Å². The number of hydrogen-bond acceptors (Lipinski definition) is 4. The van der Waals surface area contributed by atoms with E-state index in [0.29, 0.717) is 0 Å². The van der Waals surface area contributed by atoms with Gasteiger partial charge in [-0.3, -0.25) is 0 Å². The van der Waals surface area contributed by atoms with Crippen LogP contribution in [0.4, 0.5) is 70.2 Å². The molecule has 6 aromatic carbocycles. The Morgan fingerprint density at radius 1 is 0.333 bits per heavy atom. The summed E-state index contributed by atoms with van der Waals surface area (Å²) in [5.41, 5.74) is -4.74. The molecule has 22 heteroatoms. The molecule has 0 amide bonds. The van der Waals surface area contributed by atoms with Crippen LogP contribution in [0.5, 0.6) is 23.0 Å². The van der Waals surface area contributed by atoms with Crippen molar-refractivity contribution in [3.63, 3.8) is 0 Å². The number of quaternary nitrogens is 1. The van der Waals surface area contributed by atoms with Gasteiger partial charge in [0.15, 0.2) is 23.3 Å². The summed E-state index contributed by atoms with van der Waals surface area (Å²) >= 11 is 0. The number of nitrogens with two attached hydrogens (primary N) is 1. The molecule has 0 heterocycles. The zero-order chi connectivity index (χ0) is 49.3. The van der Waals surface area contributed by atoms with E-state index in [2.05, 4.69) is 86.6 Å². The number of ether oxygens (including phenoxy) is 4. The summed E-state index contributed by atoms with van der Waals surface area (Å²) in [7, 11) is 0.880. The van der Waals surface area contributed by atoms with E-state index in [0.717, 1.165) is 13.1 Å². The van der Waals surface area contributed by atoms with Crippen molar-refractivity contribution in [2.75, 3.05) is 28.4 Å². The van der Waals surface area contributed by atoms with Crippen molar-refractivity contribution in [1.29, 1.82) is 0 Å². The second-order valence-corrected chi connectivity index (χ2v) is 14.2. The van der Waals surface area contributed by atoms with Gasteiger partial charge in [0.1, 0.15) is 65.5 Å². The minimum absolute atomic E-state index is 0.220. The van der Waals surface area contributed by atoms with Crippen molar-refractivity contribution in [1.82, 2.24) is 0 Å².